The van der Waals surface area contributed by atoms with Crippen LogP contribution in [-0.2, 0) is 13.0 Å². The summed E-state index contributed by atoms with van der Waals surface area (Å²) in [5, 5.41) is 0. The van der Waals surface area contributed by atoms with Gasteiger partial charge in [-0.25, -0.2) is 0 Å². The zero-order chi connectivity index (χ0) is 18.7. The molecule has 3 nitrogen and oxygen atoms in total. The van der Waals surface area contributed by atoms with E-state index in [1.807, 2.05) is 12.1 Å². The maximum Gasteiger partial charge on any atom is 0.279 e. The second-order valence-electron chi connectivity index (χ2n) is 6.05. The summed E-state index contributed by atoms with van der Waals surface area (Å²) in [6.45, 7) is 7.09. The number of aryl methyl sites for hydroxylation is 2. The number of amides is 1. The standard InChI is InChI=1S/C21H21BrN2OS/c1-4-18-19(15-11-9-14(3)10-12-15)24(5-2)21(26-18)23-20(25)16-7-6-8-17(22)13-16/h6-13H,4-5H2,1-3H3. The monoisotopic (exact) mass is 428 g/mol. The molecule has 0 fully saturated rings. The first-order valence-electron chi connectivity index (χ1n) is 8.67. The molecule has 26 heavy (non-hydrogen) atoms. The summed E-state index contributed by atoms with van der Waals surface area (Å²) in [5.41, 5.74) is 4.16. The van der Waals surface area contributed by atoms with E-state index in [9.17, 15) is 4.79 Å². The summed E-state index contributed by atoms with van der Waals surface area (Å²) in [6.07, 6.45) is 0.911. The quantitative estimate of drug-likeness (QED) is 0.531. The van der Waals surface area contributed by atoms with Crippen LogP contribution in [0.3, 0.4) is 0 Å². The third-order valence-electron chi connectivity index (χ3n) is 4.21. The number of carbonyl (C=O) groups excluding carboxylic acids is 1. The highest BCUT2D eigenvalue weighted by Crippen LogP contribution is 2.27. The van der Waals surface area contributed by atoms with Crippen molar-refractivity contribution in [1.82, 2.24) is 4.57 Å². The first-order valence-corrected chi connectivity index (χ1v) is 10.3. The molecule has 0 atom stereocenters. The minimum Gasteiger partial charge on any atom is -0.316 e. The highest BCUT2D eigenvalue weighted by molar-refractivity contribution is 9.10. The summed E-state index contributed by atoms with van der Waals surface area (Å²) in [7, 11) is 0. The van der Waals surface area contributed by atoms with Gasteiger partial charge in [0.1, 0.15) is 0 Å². The van der Waals surface area contributed by atoms with E-state index < -0.39 is 0 Å². The summed E-state index contributed by atoms with van der Waals surface area (Å²) >= 11 is 5.01. The zero-order valence-corrected chi connectivity index (χ0v) is 17.5. The lowest BCUT2D eigenvalue weighted by atomic mass is 10.1. The Bertz CT molecular complexity index is 1000. The molecule has 3 rings (SSSR count). The van der Waals surface area contributed by atoms with Gasteiger partial charge in [0.25, 0.3) is 5.91 Å². The number of hydrogen-bond acceptors (Lipinski definition) is 2. The number of aromatic nitrogens is 1. The fourth-order valence-electron chi connectivity index (χ4n) is 2.88. The smallest absolute Gasteiger partial charge is 0.279 e. The van der Waals surface area contributed by atoms with Crippen LogP contribution in [0, 0.1) is 6.92 Å². The average molecular weight is 429 g/mol. The van der Waals surface area contributed by atoms with Gasteiger partial charge in [-0.1, -0.05) is 58.7 Å². The number of thiazole rings is 1. The van der Waals surface area contributed by atoms with Crippen molar-refractivity contribution in [3.63, 3.8) is 0 Å². The van der Waals surface area contributed by atoms with E-state index in [2.05, 4.69) is 70.5 Å². The highest BCUT2D eigenvalue weighted by Gasteiger charge is 2.15. The molecule has 1 aromatic heterocycles. The van der Waals surface area contributed by atoms with E-state index in [4.69, 9.17) is 0 Å². The number of nitrogens with zero attached hydrogens (tertiary/aromatic N) is 2. The van der Waals surface area contributed by atoms with Crippen LogP contribution >= 0.6 is 27.3 Å². The second kappa shape index (κ2) is 8.14. The molecule has 2 aromatic carbocycles. The molecule has 134 valence electrons. The lowest BCUT2D eigenvalue weighted by Gasteiger charge is -2.09. The average Bonchev–Trinajstić information content (AvgIpc) is 2.99. The molecular formula is C21H21BrN2OS. The molecule has 1 amide bonds. The summed E-state index contributed by atoms with van der Waals surface area (Å²) in [4.78, 5) is 19.1. The first kappa shape index (κ1) is 18.8. The van der Waals surface area contributed by atoms with E-state index in [1.54, 1.807) is 23.5 Å². The van der Waals surface area contributed by atoms with E-state index in [0.717, 1.165) is 22.2 Å². The van der Waals surface area contributed by atoms with E-state index >= 15 is 0 Å². The molecule has 1 heterocycles. The molecular weight excluding hydrogens is 408 g/mol. The number of rotatable bonds is 4. The van der Waals surface area contributed by atoms with Crippen LogP contribution in [-0.4, -0.2) is 10.5 Å². The molecule has 0 radical (unpaired) electrons. The Morgan fingerprint density at radius 2 is 1.88 bits per heavy atom. The summed E-state index contributed by atoms with van der Waals surface area (Å²) in [6, 6.07) is 15.9. The molecule has 0 unspecified atom stereocenters. The van der Waals surface area contributed by atoms with Gasteiger partial charge in [-0.15, -0.1) is 11.3 Å². The zero-order valence-electron chi connectivity index (χ0n) is 15.1. The van der Waals surface area contributed by atoms with Crippen LogP contribution in [0.15, 0.2) is 58.0 Å². The van der Waals surface area contributed by atoms with Crippen molar-refractivity contribution in [3.8, 4) is 11.3 Å². The molecule has 0 aliphatic heterocycles. The van der Waals surface area contributed by atoms with Crippen molar-refractivity contribution in [2.75, 3.05) is 0 Å². The molecule has 0 aliphatic carbocycles. The van der Waals surface area contributed by atoms with Crippen LogP contribution < -0.4 is 4.80 Å². The molecule has 0 spiro atoms. The van der Waals surface area contributed by atoms with Gasteiger partial charge in [0.15, 0.2) is 4.80 Å². The summed E-state index contributed by atoms with van der Waals surface area (Å²) in [5.74, 6) is -0.215. The fourth-order valence-corrected chi connectivity index (χ4v) is 4.42. The van der Waals surface area contributed by atoms with Crippen molar-refractivity contribution in [2.24, 2.45) is 4.99 Å². The predicted molar refractivity (Wildman–Crippen MR) is 112 cm³/mol. The number of halogens is 1. The number of hydrogen-bond donors (Lipinski definition) is 0. The maximum absolute atomic E-state index is 12.6. The summed E-state index contributed by atoms with van der Waals surface area (Å²) < 4.78 is 3.02. The van der Waals surface area contributed by atoms with Gasteiger partial charge < -0.3 is 4.57 Å². The van der Waals surface area contributed by atoms with Crippen LogP contribution in [0.5, 0.6) is 0 Å². The third kappa shape index (κ3) is 3.89. The number of carbonyl (C=O) groups is 1. The molecule has 3 aromatic rings. The molecule has 5 heteroatoms. The van der Waals surface area contributed by atoms with Crippen LogP contribution in [0.1, 0.15) is 34.6 Å². The Labute approximate surface area is 166 Å². The first-order chi connectivity index (χ1) is 12.5. The molecule has 0 bridgehead atoms. The van der Waals surface area contributed by atoms with Gasteiger partial charge in [-0.3, -0.25) is 4.79 Å². The Morgan fingerprint density at radius 1 is 1.15 bits per heavy atom. The van der Waals surface area contributed by atoms with E-state index in [-0.39, 0.29) is 5.91 Å². The largest absolute Gasteiger partial charge is 0.316 e. The predicted octanol–water partition coefficient (Wildman–Crippen LogP) is 5.61. The van der Waals surface area contributed by atoms with Gasteiger partial charge in [0.05, 0.1) is 5.69 Å². The van der Waals surface area contributed by atoms with E-state index in [1.165, 1.54) is 21.7 Å². The number of benzene rings is 2. The minimum atomic E-state index is -0.215. The van der Waals surface area contributed by atoms with Gasteiger partial charge >= 0.3 is 0 Å². The Balaban J connectivity index is 2.13. The fraction of sp³-hybridized carbons (Fsp3) is 0.238. The third-order valence-corrected chi connectivity index (χ3v) is 5.93. The lowest BCUT2D eigenvalue weighted by Crippen LogP contribution is -2.17. The second-order valence-corrected chi connectivity index (χ2v) is 8.03. The van der Waals surface area contributed by atoms with Crippen molar-refractivity contribution in [3.05, 3.63) is 73.8 Å². The molecule has 0 saturated carbocycles. The van der Waals surface area contributed by atoms with Gasteiger partial charge in [0, 0.05) is 21.5 Å². The van der Waals surface area contributed by atoms with Gasteiger partial charge in [0.2, 0.25) is 0 Å². The Kier molecular flexibility index (Phi) is 5.89. The van der Waals surface area contributed by atoms with Crippen molar-refractivity contribution < 1.29 is 4.79 Å². The van der Waals surface area contributed by atoms with Crippen molar-refractivity contribution >= 4 is 33.2 Å². The van der Waals surface area contributed by atoms with Crippen LogP contribution in [0.25, 0.3) is 11.3 Å². The van der Waals surface area contributed by atoms with Crippen molar-refractivity contribution in [2.45, 2.75) is 33.7 Å². The van der Waals surface area contributed by atoms with Gasteiger partial charge in [-0.2, -0.15) is 4.99 Å². The lowest BCUT2D eigenvalue weighted by molar-refractivity contribution is 0.0997. The van der Waals surface area contributed by atoms with E-state index in [0.29, 0.717) is 5.56 Å². The Morgan fingerprint density at radius 3 is 2.50 bits per heavy atom. The van der Waals surface area contributed by atoms with Crippen LogP contribution in [0.2, 0.25) is 0 Å². The normalized spacial score (nSPS) is 11.8. The van der Waals surface area contributed by atoms with Crippen molar-refractivity contribution in [1.29, 1.82) is 0 Å². The highest BCUT2D eigenvalue weighted by atomic mass is 79.9. The van der Waals surface area contributed by atoms with Gasteiger partial charge in [-0.05, 0) is 44.0 Å². The minimum absolute atomic E-state index is 0.215. The SMILES string of the molecule is CCc1sc(=NC(=O)c2cccc(Br)c2)n(CC)c1-c1ccc(C)cc1. The molecule has 0 aliphatic rings. The van der Waals surface area contributed by atoms with Crippen LogP contribution in [0.4, 0.5) is 0 Å². The molecule has 0 saturated heterocycles. The molecule has 0 N–H and O–H groups in total. The topological polar surface area (TPSA) is 34.4 Å². The maximum atomic E-state index is 12.6. The Hall–Kier alpha value is -1.98.